The van der Waals surface area contributed by atoms with Crippen LogP contribution < -0.4 is 4.90 Å². The summed E-state index contributed by atoms with van der Waals surface area (Å²) in [5, 5.41) is 0. The molecule has 0 aliphatic heterocycles. The van der Waals surface area contributed by atoms with E-state index in [4.69, 9.17) is 4.42 Å². The highest BCUT2D eigenvalue weighted by Crippen LogP contribution is 2.24. The van der Waals surface area contributed by atoms with Gasteiger partial charge in [0.1, 0.15) is 11.6 Å². The molecule has 1 heterocycles. The normalized spacial score (nSPS) is 10.4. The van der Waals surface area contributed by atoms with Crippen LogP contribution in [0, 0.1) is 12.7 Å². The maximum absolute atomic E-state index is 13.8. The monoisotopic (exact) mass is 247 g/mol. The molecule has 0 atom stereocenters. The summed E-state index contributed by atoms with van der Waals surface area (Å²) in [5.41, 5.74) is 1.63. The van der Waals surface area contributed by atoms with Gasteiger partial charge in [0.05, 0.1) is 12.0 Å². The van der Waals surface area contributed by atoms with Gasteiger partial charge in [0.25, 0.3) is 0 Å². The summed E-state index contributed by atoms with van der Waals surface area (Å²) in [4.78, 5) is 12.6. The average Bonchev–Trinajstić information content (AvgIpc) is 2.74. The number of aldehydes is 1. The van der Waals surface area contributed by atoms with Crippen molar-refractivity contribution >= 4 is 12.0 Å². The van der Waals surface area contributed by atoms with E-state index in [1.165, 1.54) is 12.1 Å². The van der Waals surface area contributed by atoms with Gasteiger partial charge in [-0.1, -0.05) is 6.07 Å². The lowest BCUT2D eigenvalue weighted by molar-refractivity contribution is 0.112. The Balaban J connectivity index is 2.31. The summed E-state index contributed by atoms with van der Waals surface area (Å²) in [7, 11) is 1.75. The van der Waals surface area contributed by atoms with Crippen LogP contribution in [0.2, 0.25) is 0 Å². The number of carbonyl (C=O) groups excluding carboxylic acids is 1. The highest BCUT2D eigenvalue weighted by Gasteiger charge is 2.14. The number of nitrogens with zero attached hydrogens (tertiary/aromatic N) is 1. The first kappa shape index (κ1) is 12.4. The fraction of sp³-hybridized carbons (Fsp3) is 0.214. The lowest BCUT2D eigenvalue weighted by Crippen LogP contribution is -2.19. The molecular formula is C14H14FNO2. The van der Waals surface area contributed by atoms with Crippen molar-refractivity contribution in [2.45, 2.75) is 13.5 Å². The van der Waals surface area contributed by atoms with Crippen LogP contribution in [0.4, 0.5) is 10.1 Å². The third kappa shape index (κ3) is 2.27. The zero-order chi connectivity index (χ0) is 13.1. The molecule has 18 heavy (non-hydrogen) atoms. The Hall–Kier alpha value is -2.10. The Morgan fingerprint density at radius 2 is 2.17 bits per heavy atom. The topological polar surface area (TPSA) is 33.5 Å². The highest BCUT2D eigenvalue weighted by molar-refractivity contribution is 5.84. The Labute approximate surface area is 105 Å². The molecule has 0 amide bonds. The molecule has 0 aliphatic carbocycles. The molecule has 0 saturated heterocycles. The fourth-order valence-electron chi connectivity index (χ4n) is 1.94. The minimum absolute atomic E-state index is 0.313. The summed E-state index contributed by atoms with van der Waals surface area (Å²) in [5.74, 6) is 0.397. The molecule has 0 aliphatic rings. The molecule has 0 unspecified atom stereocenters. The zero-order valence-corrected chi connectivity index (χ0v) is 10.3. The van der Waals surface area contributed by atoms with E-state index < -0.39 is 5.82 Å². The Morgan fingerprint density at radius 1 is 1.39 bits per heavy atom. The van der Waals surface area contributed by atoms with Crippen LogP contribution in [-0.4, -0.2) is 13.3 Å². The van der Waals surface area contributed by atoms with Gasteiger partial charge in [-0.05, 0) is 25.1 Å². The second-order valence-corrected chi connectivity index (χ2v) is 4.15. The van der Waals surface area contributed by atoms with E-state index in [1.807, 2.05) is 13.0 Å². The molecule has 3 nitrogen and oxygen atoms in total. The first-order valence-corrected chi connectivity index (χ1v) is 5.61. The second-order valence-electron chi connectivity index (χ2n) is 4.15. The molecule has 0 N–H and O–H groups in total. The third-order valence-electron chi connectivity index (χ3n) is 2.90. The molecule has 94 valence electrons. The van der Waals surface area contributed by atoms with Crippen molar-refractivity contribution in [2.24, 2.45) is 0 Å². The predicted molar refractivity (Wildman–Crippen MR) is 67.3 cm³/mol. The molecule has 0 radical (unpaired) electrons. The van der Waals surface area contributed by atoms with Crippen LogP contribution in [-0.2, 0) is 6.54 Å². The molecule has 2 rings (SSSR count). The number of furan rings is 1. The van der Waals surface area contributed by atoms with Crippen LogP contribution in [0.3, 0.4) is 0 Å². The molecular weight excluding hydrogens is 233 g/mol. The highest BCUT2D eigenvalue weighted by atomic mass is 19.1. The fourth-order valence-corrected chi connectivity index (χ4v) is 1.94. The SMILES string of the molecule is Cc1occc1CN(C)c1c(F)cccc1C=O. The molecule has 0 bridgehead atoms. The van der Waals surface area contributed by atoms with Gasteiger partial charge in [0.2, 0.25) is 0 Å². The standard InChI is InChI=1S/C14H14FNO2/c1-10-11(6-7-18-10)8-16(2)14-12(9-17)4-3-5-13(14)15/h3-7,9H,8H2,1-2H3. The summed E-state index contributed by atoms with van der Waals surface area (Å²) < 4.78 is 19.0. The van der Waals surface area contributed by atoms with E-state index in [0.717, 1.165) is 11.3 Å². The summed E-state index contributed by atoms with van der Waals surface area (Å²) in [6.45, 7) is 2.34. The lowest BCUT2D eigenvalue weighted by atomic mass is 10.1. The quantitative estimate of drug-likeness (QED) is 0.778. The molecule has 0 fully saturated rings. The van der Waals surface area contributed by atoms with Gasteiger partial charge < -0.3 is 9.32 Å². The zero-order valence-electron chi connectivity index (χ0n) is 10.3. The number of hydrogen-bond acceptors (Lipinski definition) is 3. The Morgan fingerprint density at radius 3 is 2.78 bits per heavy atom. The number of aryl methyl sites for hydroxylation is 1. The van der Waals surface area contributed by atoms with Crippen LogP contribution in [0.1, 0.15) is 21.7 Å². The minimum Gasteiger partial charge on any atom is -0.469 e. The van der Waals surface area contributed by atoms with Gasteiger partial charge >= 0.3 is 0 Å². The van der Waals surface area contributed by atoms with Gasteiger partial charge in [0, 0.05) is 24.7 Å². The smallest absolute Gasteiger partial charge is 0.152 e. The number of hydrogen-bond donors (Lipinski definition) is 0. The molecule has 4 heteroatoms. The summed E-state index contributed by atoms with van der Waals surface area (Å²) in [6, 6.07) is 6.32. The number of benzene rings is 1. The number of anilines is 1. The maximum atomic E-state index is 13.8. The van der Waals surface area contributed by atoms with E-state index >= 15 is 0 Å². The lowest BCUT2D eigenvalue weighted by Gasteiger charge is -2.21. The first-order chi connectivity index (χ1) is 8.63. The van der Waals surface area contributed by atoms with E-state index in [0.29, 0.717) is 24.1 Å². The largest absolute Gasteiger partial charge is 0.469 e. The predicted octanol–water partition coefficient (Wildman–Crippen LogP) is 3.18. The van der Waals surface area contributed by atoms with E-state index in [9.17, 15) is 9.18 Å². The molecule has 0 saturated carbocycles. The Bertz CT molecular complexity index is 563. The number of halogens is 1. The van der Waals surface area contributed by atoms with E-state index in [2.05, 4.69) is 0 Å². The van der Waals surface area contributed by atoms with Gasteiger partial charge in [0.15, 0.2) is 6.29 Å². The number of para-hydroxylation sites is 1. The van der Waals surface area contributed by atoms with Crippen LogP contribution in [0.25, 0.3) is 0 Å². The second kappa shape index (κ2) is 5.04. The van der Waals surface area contributed by atoms with Crippen molar-refractivity contribution in [3.63, 3.8) is 0 Å². The number of carbonyl (C=O) groups is 1. The number of rotatable bonds is 4. The van der Waals surface area contributed by atoms with Crippen molar-refractivity contribution in [1.82, 2.24) is 0 Å². The minimum atomic E-state index is -0.400. The van der Waals surface area contributed by atoms with Crippen molar-refractivity contribution in [3.8, 4) is 0 Å². The molecule has 1 aromatic carbocycles. The molecule has 0 spiro atoms. The van der Waals surface area contributed by atoms with Gasteiger partial charge in [-0.15, -0.1) is 0 Å². The van der Waals surface area contributed by atoms with E-state index in [-0.39, 0.29) is 0 Å². The molecule has 2 aromatic rings. The van der Waals surface area contributed by atoms with Gasteiger partial charge in [-0.3, -0.25) is 4.79 Å². The van der Waals surface area contributed by atoms with Gasteiger partial charge in [-0.2, -0.15) is 0 Å². The van der Waals surface area contributed by atoms with Crippen LogP contribution in [0.15, 0.2) is 34.9 Å². The van der Waals surface area contributed by atoms with Gasteiger partial charge in [-0.25, -0.2) is 4.39 Å². The maximum Gasteiger partial charge on any atom is 0.152 e. The van der Waals surface area contributed by atoms with Crippen molar-refractivity contribution in [1.29, 1.82) is 0 Å². The van der Waals surface area contributed by atoms with Crippen LogP contribution >= 0.6 is 0 Å². The van der Waals surface area contributed by atoms with Crippen molar-refractivity contribution in [3.05, 3.63) is 53.2 Å². The third-order valence-corrected chi connectivity index (χ3v) is 2.90. The molecule has 1 aromatic heterocycles. The average molecular weight is 247 g/mol. The first-order valence-electron chi connectivity index (χ1n) is 5.61. The summed E-state index contributed by atoms with van der Waals surface area (Å²) in [6.07, 6.45) is 2.26. The van der Waals surface area contributed by atoms with Crippen LogP contribution in [0.5, 0.6) is 0 Å². The summed E-state index contributed by atoms with van der Waals surface area (Å²) >= 11 is 0. The van der Waals surface area contributed by atoms with E-state index in [1.54, 1.807) is 24.3 Å². The van der Waals surface area contributed by atoms with Crippen molar-refractivity contribution < 1.29 is 13.6 Å². The van der Waals surface area contributed by atoms with Crippen molar-refractivity contribution in [2.75, 3.05) is 11.9 Å². The Kier molecular flexibility index (Phi) is 3.46.